The molecule has 126 valence electrons. The minimum absolute atomic E-state index is 0.215. The number of terminal acetylenes is 1. The van der Waals surface area contributed by atoms with E-state index in [0.29, 0.717) is 42.0 Å². The Kier molecular flexibility index (Phi) is 9.35. The SMILES string of the molecule is C#CCN(CCCOc1ccc(Cl)cc1Cl)C(=O)OCCCC. The maximum absolute atomic E-state index is 11.9. The fourth-order valence-corrected chi connectivity index (χ4v) is 2.23. The van der Waals surface area contributed by atoms with Crippen LogP contribution in [-0.2, 0) is 4.74 Å². The molecule has 0 aliphatic rings. The van der Waals surface area contributed by atoms with Crippen molar-refractivity contribution >= 4 is 29.3 Å². The quantitative estimate of drug-likeness (QED) is 0.477. The lowest BCUT2D eigenvalue weighted by Crippen LogP contribution is -2.33. The maximum Gasteiger partial charge on any atom is 0.410 e. The Morgan fingerprint density at radius 2 is 2.09 bits per heavy atom. The van der Waals surface area contributed by atoms with Gasteiger partial charge in [0, 0.05) is 11.6 Å². The number of amides is 1. The van der Waals surface area contributed by atoms with Crippen molar-refractivity contribution in [1.29, 1.82) is 0 Å². The van der Waals surface area contributed by atoms with Gasteiger partial charge in [0.15, 0.2) is 0 Å². The Morgan fingerprint density at radius 1 is 1.30 bits per heavy atom. The van der Waals surface area contributed by atoms with Crippen LogP contribution >= 0.6 is 23.2 Å². The fourth-order valence-electron chi connectivity index (χ4n) is 1.77. The highest BCUT2D eigenvalue weighted by Crippen LogP contribution is 2.27. The number of rotatable bonds is 9. The number of ether oxygens (including phenoxy) is 2. The lowest BCUT2D eigenvalue weighted by atomic mass is 10.3. The lowest BCUT2D eigenvalue weighted by Gasteiger charge is -2.19. The molecule has 0 heterocycles. The zero-order valence-electron chi connectivity index (χ0n) is 13.2. The predicted molar refractivity (Wildman–Crippen MR) is 93.2 cm³/mol. The number of carbonyl (C=O) groups excluding carboxylic acids is 1. The Morgan fingerprint density at radius 3 is 2.74 bits per heavy atom. The van der Waals surface area contributed by atoms with Crippen molar-refractivity contribution in [2.24, 2.45) is 0 Å². The number of hydrogen-bond donors (Lipinski definition) is 0. The first-order valence-corrected chi connectivity index (χ1v) is 8.27. The molecule has 0 saturated carbocycles. The summed E-state index contributed by atoms with van der Waals surface area (Å²) in [5, 5.41) is 1.01. The molecule has 0 aliphatic carbocycles. The summed E-state index contributed by atoms with van der Waals surface area (Å²) in [6, 6.07) is 5.04. The van der Waals surface area contributed by atoms with Gasteiger partial charge in [0.25, 0.3) is 0 Å². The molecule has 0 aliphatic heterocycles. The molecule has 0 N–H and O–H groups in total. The van der Waals surface area contributed by atoms with E-state index in [2.05, 4.69) is 5.92 Å². The van der Waals surface area contributed by atoms with Crippen molar-refractivity contribution in [1.82, 2.24) is 4.90 Å². The zero-order chi connectivity index (χ0) is 17.1. The molecule has 1 aromatic rings. The van der Waals surface area contributed by atoms with Crippen LogP contribution in [0.3, 0.4) is 0 Å². The highest BCUT2D eigenvalue weighted by atomic mass is 35.5. The summed E-state index contributed by atoms with van der Waals surface area (Å²) in [4.78, 5) is 13.4. The van der Waals surface area contributed by atoms with E-state index in [9.17, 15) is 4.79 Å². The molecule has 0 bridgehead atoms. The fraction of sp³-hybridized carbons (Fsp3) is 0.471. The standard InChI is InChI=1S/C17H21Cl2NO3/c1-3-5-11-23-17(21)20(9-4-2)10-6-12-22-16-8-7-14(18)13-15(16)19/h2,7-8,13H,3,5-6,9-12H2,1H3. The van der Waals surface area contributed by atoms with Crippen LogP contribution in [-0.4, -0.2) is 37.3 Å². The highest BCUT2D eigenvalue weighted by molar-refractivity contribution is 6.35. The van der Waals surface area contributed by atoms with E-state index >= 15 is 0 Å². The summed E-state index contributed by atoms with van der Waals surface area (Å²) in [5.74, 6) is 3.02. The largest absolute Gasteiger partial charge is 0.492 e. The normalized spacial score (nSPS) is 10.0. The molecule has 0 atom stereocenters. The van der Waals surface area contributed by atoms with Crippen molar-refractivity contribution < 1.29 is 14.3 Å². The minimum atomic E-state index is -0.388. The first-order valence-electron chi connectivity index (χ1n) is 7.51. The molecular formula is C17H21Cl2NO3. The molecular weight excluding hydrogens is 337 g/mol. The first-order chi connectivity index (χ1) is 11.1. The van der Waals surface area contributed by atoms with Crippen LogP contribution < -0.4 is 4.74 Å². The Labute approximate surface area is 147 Å². The Hall–Kier alpha value is -1.57. The second-order valence-electron chi connectivity index (χ2n) is 4.87. The summed E-state index contributed by atoms with van der Waals surface area (Å²) in [5.41, 5.74) is 0. The van der Waals surface area contributed by atoms with Crippen molar-refractivity contribution in [3.05, 3.63) is 28.2 Å². The van der Waals surface area contributed by atoms with E-state index in [0.717, 1.165) is 12.8 Å². The van der Waals surface area contributed by atoms with Gasteiger partial charge in [-0.2, -0.15) is 0 Å². The van der Waals surface area contributed by atoms with E-state index in [1.165, 1.54) is 4.90 Å². The van der Waals surface area contributed by atoms with E-state index in [1.54, 1.807) is 18.2 Å². The number of hydrogen-bond acceptors (Lipinski definition) is 3. The molecule has 1 amide bonds. The Bertz CT molecular complexity index is 543. The van der Waals surface area contributed by atoms with Crippen LogP contribution in [0.4, 0.5) is 4.79 Å². The van der Waals surface area contributed by atoms with Gasteiger partial charge in [0.1, 0.15) is 5.75 Å². The summed E-state index contributed by atoms with van der Waals surface area (Å²) in [6.07, 6.45) is 7.33. The van der Waals surface area contributed by atoms with Crippen LogP contribution in [0.2, 0.25) is 10.0 Å². The van der Waals surface area contributed by atoms with Crippen LogP contribution in [0.1, 0.15) is 26.2 Å². The van der Waals surface area contributed by atoms with Gasteiger partial charge in [-0.1, -0.05) is 42.5 Å². The molecule has 0 saturated heterocycles. The molecule has 0 fully saturated rings. The van der Waals surface area contributed by atoms with E-state index in [4.69, 9.17) is 39.1 Å². The second-order valence-corrected chi connectivity index (χ2v) is 5.71. The average Bonchev–Trinajstić information content (AvgIpc) is 2.52. The van der Waals surface area contributed by atoms with Gasteiger partial charge in [-0.25, -0.2) is 4.79 Å². The first kappa shape index (κ1) is 19.5. The van der Waals surface area contributed by atoms with E-state index < -0.39 is 0 Å². The van der Waals surface area contributed by atoms with Gasteiger partial charge in [-0.05, 0) is 31.0 Å². The molecule has 0 aromatic heterocycles. The van der Waals surface area contributed by atoms with Crippen molar-refractivity contribution in [2.75, 3.05) is 26.3 Å². The number of halogens is 2. The topological polar surface area (TPSA) is 38.8 Å². The maximum atomic E-state index is 11.9. The third-order valence-electron chi connectivity index (χ3n) is 2.99. The van der Waals surface area contributed by atoms with Crippen molar-refractivity contribution in [2.45, 2.75) is 26.2 Å². The molecule has 0 unspecified atom stereocenters. The number of nitrogens with zero attached hydrogens (tertiary/aromatic N) is 1. The van der Waals surface area contributed by atoms with Gasteiger partial charge in [0.05, 0.1) is 24.8 Å². The van der Waals surface area contributed by atoms with Gasteiger partial charge in [0.2, 0.25) is 0 Å². The van der Waals surface area contributed by atoms with Crippen LogP contribution in [0.5, 0.6) is 5.75 Å². The third-order valence-corrected chi connectivity index (χ3v) is 3.52. The number of benzene rings is 1. The van der Waals surface area contributed by atoms with E-state index in [1.807, 2.05) is 6.92 Å². The van der Waals surface area contributed by atoms with Crippen LogP contribution in [0.25, 0.3) is 0 Å². The number of unbranched alkanes of at least 4 members (excludes halogenated alkanes) is 1. The lowest BCUT2D eigenvalue weighted by molar-refractivity contribution is 0.104. The van der Waals surface area contributed by atoms with Gasteiger partial charge >= 0.3 is 6.09 Å². The smallest absolute Gasteiger partial charge is 0.410 e. The second kappa shape index (κ2) is 11.0. The summed E-state index contributed by atoms with van der Waals surface area (Å²) in [6.45, 7) is 3.53. The monoisotopic (exact) mass is 357 g/mol. The Balaban J connectivity index is 2.37. The third kappa shape index (κ3) is 7.49. The molecule has 6 heteroatoms. The summed E-state index contributed by atoms with van der Waals surface area (Å²) in [7, 11) is 0. The molecule has 0 spiro atoms. The minimum Gasteiger partial charge on any atom is -0.492 e. The molecule has 1 aromatic carbocycles. The molecule has 0 radical (unpaired) electrons. The van der Waals surface area contributed by atoms with Gasteiger partial charge in [-0.3, -0.25) is 4.90 Å². The highest BCUT2D eigenvalue weighted by Gasteiger charge is 2.13. The van der Waals surface area contributed by atoms with Gasteiger partial charge < -0.3 is 9.47 Å². The number of carbonyl (C=O) groups is 1. The van der Waals surface area contributed by atoms with E-state index in [-0.39, 0.29) is 12.6 Å². The average molecular weight is 358 g/mol. The molecule has 4 nitrogen and oxygen atoms in total. The summed E-state index contributed by atoms with van der Waals surface area (Å²) >= 11 is 11.8. The predicted octanol–water partition coefficient (Wildman–Crippen LogP) is 4.63. The van der Waals surface area contributed by atoms with Crippen LogP contribution in [0, 0.1) is 12.3 Å². The molecule has 1 rings (SSSR count). The molecule has 23 heavy (non-hydrogen) atoms. The van der Waals surface area contributed by atoms with Crippen molar-refractivity contribution in [3.8, 4) is 18.1 Å². The summed E-state index contributed by atoms with van der Waals surface area (Å²) < 4.78 is 10.7. The van der Waals surface area contributed by atoms with Crippen LogP contribution in [0.15, 0.2) is 18.2 Å². The van der Waals surface area contributed by atoms with Crippen molar-refractivity contribution in [3.63, 3.8) is 0 Å². The van der Waals surface area contributed by atoms with Gasteiger partial charge in [-0.15, -0.1) is 6.42 Å². The zero-order valence-corrected chi connectivity index (χ0v) is 14.7.